The van der Waals surface area contributed by atoms with Crippen molar-refractivity contribution in [3.05, 3.63) is 86.3 Å². The van der Waals surface area contributed by atoms with Crippen molar-refractivity contribution in [1.82, 2.24) is 9.55 Å². The third kappa shape index (κ3) is 5.03. The van der Waals surface area contributed by atoms with Crippen molar-refractivity contribution < 1.29 is 9.72 Å². The van der Waals surface area contributed by atoms with E-state index in [1.165, 1.54) is 30.0 Å². The Morgan fingerprint density at radius 3 is 2.81 bits per heavy atom. The maximum atomic E-state index is 13.2. The predicted octanol–water partition coefficient (Wildman–Crippen LogP) is 3.97. The van der Waals surface area contributed by atoms with E-state index in [-0.39, 0.29) is 28.2 Å². The molecule has 1 N–H and O–H groups in total. The largest absolute Gasteiger partial charge is 0.325 e. The van der Waals surface area contributed by atoms with Gasteiger partial charge >= 0.3 is 0 Å². The molecule has 0 spiro atoms. The van der Waals surface area contributed by atoms with Crippen molar-refractivity contribution in [3.8, 4) is 0 Å². The van der Waals surface area contributed by atoms with Gasteiger partial charge in [-0.25, -0.2) is 4.98 Å². The Morgan fingerprint density at radius 1 is 1.28 bits per heavy atom. The molecule has 1 aliphatic heterocycles. The first kappa shape index (κ1) is 22.1. The molecule has 4 rings (SSSR count). The number of hydrogen-bond donors (Lipinski definition) is 1. The Kier molecular flexibility index (Phi) is 6.61. The normalized spacial score (nSPS) is 14.7. The molecule has 3 aromatic rings. The van der Waals surface area contributed by atoms with Gasteiger partial charge in [0.1, 0.15) is 0 Å². The van der Waals surface area contributed by atoms with Crippen LogP contribution in [0, 0.1) is 10.1 Å². The number of hydrogen-bond acceptors (Lipinski definition) is 7. The molecule has 0 bridgehead atoms. The molecule has 32 heavy (non-hydrogen) atoms. The van der Waals surface area contributed by atoms with E-state index in [0.717, 1.165) is 17.7 Å². The number of nitro benzene ring substituents is 1. The molecule has 0 aliphatic carbocycles. The van der Waals surface area contributed by atoms with E-state index in [9.17, 15) is 19.7 Å². The summed E-state index contributed by atoms with van der Waals surface area (Å²) in [7, 11) is 0. The molecule has 164 valence electrons. The van der Waals surface area contributed by atoms with Crippen LogP contribution in [0.1, 0.15) is 18.2 Å². The number of thioether (sulfide) groups is 2. The molecular formula is C22H20N4O4S2. The van der Waals surface area contributed by atoms with Crippen LogP contribution in [0.25, 0.3) is 0 Å². The lowest BCUT2D eigenvalue weighted by molar-refractivity contribution is -0.384. The summed E-state index contributed by atoms with van der Waals surface area (Å²) in [6, 6.07) is 15.4. The van der Waals surface area contributed by atoms with E-state index in [0.29, 0.717) is 22.3 Å². The van der Waals surface area contributed by atoms with Crippen molar-refractivity contribution in [1.29, 1.82) is 0 Å². The lowest BCUT2D eigenvalue weighted by atomic mass is 10.2. The van der Waals surface area contributed by atoms with Gasteiger partial charge in [0, 0.05) is 29.5 Å². The molecule has 0 saturated carbocycles. The number of nitro groups is 1. The summed E-state index contributed by atoms with van der Waals surface area (Å²) in [6.45, 7) is 2.43. The van der Waals surface area contributed by atoms with Gasteiger partial charge in [-0.3, -0.25) is 24.3 Å². The van der Waals surface area contributed by atoms with E-state index >= 15 is 0 Å². The summed E-state index contributed by atoms with van der Waals surface area (Å²) in [6.07, 6.45) is 0.717. The molecule has 2 heterocycles. The summed E-state index contributed by atoms with van der Waals surface area (Å²) in [4.78, 5) is 41.5. The van der Waals surface area contributed by atoms with Crippen LogP contribution in [0.3, 0.4) is 0 Å². The number of fused-ring (bicyclic) bond motifs is 1. The Bertz CT molecular complexity index is 1230. The molecule has 1 unspecified atom stereocenters. The molecule has 0 fully saturated rings. The fraction of sp³-hybridized carbons (Fsp3) is 0.227. The standard InChI is InChI=1S/C22H20N4O4S2/c1-14-10-18-20(32-14)21(28)25(12-15-6-3-2-4-7-15)22(24-18)31-13-19(27)23-16-8-5-9-17(11-16)26(29)30/h2-9,11,14H,10,12-13H2,1H3,(H,23,27). The van der Waals surface area contributed by atoms with E-state index in [1.807, 2.05) is 30.3 Å². The number of nitrogens with one attached hydrogen (secondary N) is 1. The van der Waals surface area contributed by atoms with Gasteiger partial charge in [0.25, 0.3) is 11.2 Å². The maximum absolute atomic E-state index is 13.2. The molecule has 10 heteroatoms. The van der Waals surface area contributed by atoms with Crippen LogP contribution in [-0.4, -0.2) is 31.4 Å². The predicted molar refractivity (Wildman–Crippen MR) is 126 cm³/mol. The van der Waals surface area contributed by atoms with Crippen LogP contribution >= 0.6 is 23.5 Å². The van der Waals surface area contributed by atoms with Gasteiger partial charge in [0.2, 0.25) is 5.91 Å². The second kappa shape index (κ2) is 9.58. The van der Waals surface area contributed by atoms with Gasteiger partial charge in [0.05, 0.1) is 27.8 Å². The third-order valence-corrected chi connectivity index (χ3v) is 7.01. The zero-order valence-electron chi connectivity index (χ0n) is 17.2. The quantitative estimate of drug-likeness (QED) is 0.242. The molecular weight excluding hydrogens is 448 g/mol. The van der Waals surface area contributed by atoms with Crippen LogP contribution in [0.2, 0.25) is 0 Å². The van der Waals surface area contributed by atoms with Gasteiger partial charge in [-0.1, -0.05) is 55.1 Å². The SMILES string of the molecule is CC1Cc2nc(SCC(=O)Nc3cccc([N+](=O)[O-])c3)n(Cc3ccccc3)c(=O)c2S1. The summed E-state index contributed by atoms with van der Waals surface area (Å²) in [5, 5.41) is 14.4. The average molecular weight is 469 g/mol. The van der Waals surface area contributed by atoms with Gasteiger partial charge < -0.3 is 5.32 Å². The fourth-order valence-corrected chi connectivity index (χ4v) is 5.30. The van der Waals surface area contributed by atoms with Crippen molar-refractivity contribution in [2.45, 2.75) is 35.2 Å². The number of amides is 1. The van der Waals surface area contributed by atoms with E-state index in [1.54, 1.807) is 22.4 Å². The minimum atomic E-state index is -0.514. The lowest BCUT2D eigenvalue weighted by Crippen LogP contribution is -2.26. The van der Waals surface area contributed by atoms with Crippen molar-refractivity contribution in [3.63, 3.8) is 0 Å². The number of carbonyl (C=O) groups excluding carboxylic acids is 1. The van der Waals surface area contributed by atoms with Gasteiger partial charge in [-0.05, 0) is 11.6 Å². The first-order valence-corrected chi connectivity index (χ1v) is 11.8. The Labute approximate surface area is 192 Å². The maximum Gasteiger partial charge on any atom is 0.271 e. The highest BCUT2D eigenvalue weighted by Crippen LogP contribution is 2.34. The summed E-state index contributed by atoms with van der Waals surface area (Å²) < 4.78 is 1.62. The number of nitrogens with zero attached hydrogens (tertiary/aromatic N) is 3. The van der Waals surface area contributed by atoms with Gasteiger partial charge in [-0.15, -0.1) is 11.8 Å². The van der Waals surface area contributed by atoms with E-state index in [2.05, 4.69) is 12.2 Å². The van der Waals surface area contributed by atoms with Gasteiger partial charge in [-0.2, -0.15) is 0 Å². The van der Waals surface area contributed by atoms with Crippen molar-refractivity contribution >= 4 is 40.8 Å². The highest BCUT2D eigenvalue weighted by Gasteiger charge is 2.26. The van der Waals surface area contributed by atoms with Crippen LogP contribution in [-0.2, 0) is 17.8 Å². The number of aromatic nitrogens is 2. The first-order valence-electron chi connectivity index (χ1n) is 9.92. The second-order valence-electron chi connectivity index (χ2n) is 7.32. The molecule has 1 atom stereocenters. The van der Waals surface area contributed by atoms with Crippen LogP contribution in [0.15, 0.2) is 69.4 Å². The molecule has 0 saturated heterocycles. The highest BCUT2D eigenvalue weighted by atomic mass is 32.2. The minimum Gasteiger partial charge on any atom is -0.325 e. The topological polar surface area (TPSA) is 107 Å². The minimum absolute atomic E-state index is 0.0193. The number of anilines is 1. The Morgan fingerprint density at radius 2 is 2.06 bits per heavy atom. The second-order valence-corrected chi connectivity index (χ2v) is 9.72. The summed E-state index contributed by atoms with van der Waals surface area (Å²) in [5.74, 6) is -0.315. The van der Waals surface area contributed by atoms with Crippen LogP contribution < -0.4 is 10.9 Å². The zero-order valence-corrected chi connectivity index (χ0v) is 18.8. The molecule has 1 amide bonds. The number of benzene rings is 2. The number of rotatable bonds is 7. The fourth-order valence-electron chi connectivity index (χ4n) is 3.37. The highest BCUT2D eigenvalue weighted by molar-refractivity contribution is 8.00. The van der Waals surface area contributed by atoms with Gasteiger partial charge in [0.15, 0.2) is 5.16 Å². The molecule has 8 nitrogen and oxygen atoms in total. The molecule has 2 aromatic carbocycles. The van der Waals surface area contributed by atoms with Crippen LogP contribution in [0.5, 0.6) is 0 Å². The Balaban J connectivity index is 1.55. The zero-order chi connectivity index (χ0) is 22.7. The molecule has 1 aromatic heterocycles. The van der Waals surface area contributed by atoms with E-state index < -0.39 is 4.92 Å². The monoisotopic (exact) mass is 468 g/mol. The van der Waals surface area contributed by atoms with Crippen molar-refractivity contribution in [2.24, 2.45) is 0 Å². The smallest absolute Gasteiger partial charge is 0.271 e. The number of carbonyl (C=O) groups is 1. The lowest BCUT2D eigenvalue weighted by Gasteiger charge is -2.14. The number of non-ortho nitro benzene ring substituents is 1. The average Bonchev–Trinajstić information content (AvgIpc) is 3.16. The van der Waals surface area contributed by atoms with E-state index in [4.69, 9.17) is 4.98 Å². The molecule has 1 aliphatic rings. The first-order chi connectivity index (χ1) is 15.4. The third-order valence-electron chi connectivity index (χ3n) is 4.82. The van der Waals surface area contributed by atoms with Crippen LogP contribution in [0.4, 0.5) is 11.4 Å². The van der Waals surface area contributed by atoms with Crippen molar-refractivity contribution in [2.75, 3.05) is 11.1 Å². The summed E-state index contributed by atoms with van der Waals surface area (Å²) in [5.41, 5.74) is 1.90. The Hall–Kier alpha value is -3.11. The summed E-state index contributed by atoms with van der Waals surface area (Å²) >= 11 is 2.72. The molecule has 0 radical (unpaired) electrons.